The van der Waals surface area contributed by atoms with Crippen molar-refractivity contribution in [3.8, 4) is 0 Å². The van der Waals surface area contributed by atoms with Gasteiger partial charge in [-0.3, -0.25) is 9.69 Å². The molecule has 18 heavy (non-hydrogen) atoms. The van der Waals surface area contributed by atoms with Crippen LogP contribution >= 0.6 is 0 Å². The normalized spacial score (nSPS) is 17.8. The number of nitrogens with one attached hydrogen (secondary N) is 1. The minimum Gasteiger partial charge on any atom is -0.366 e. The first-order chi connectivity index (χ1) is 8.69. The summed E-state index contributed by atoms with van der Waals surface area (Å²) in [6.45, 7) is 3.11. The molecular formula is C14H21N3O. The van der Waals surface area contributed by atoms with Gasteiger partial charge in [0.15, 0.2) is 0 Å². The fraction of sp³-hybridized carbons (Fsp3) is 0.500. The molecule has 2 rings (SSSR count). The lowest BCUT2D eigenvalue weighted by Crippen LogP contribution is -2.40. The zero-order chi connectivity index (χ0) is 13.0. The molecule has 98 valence electrons. The molecule has 1 amide bonds. The van der Waals surface area contributed by atoms with Gasteiger partial charge in [0.2, 0.25) is 5.91 Å². The molecule has 1 fully saturated rings. The highest BCUT2D eigenvalue weighted by atomic mass is 16.1. The number of likely N-dealkylation sites (tertiary alicyclic amines) is 1. The van der Waals surface area contributed by atoms with Crippen molar-refractivity contribution in [2.75, 3.05) is 20.1 Å². The van der Waals surface area contributed by atoms with Crippen LogP contribution in [-0.4, -0.2) is 37.0 Å². The molecule has 0 aromatic heterocycles. The third-order valence-electron chi connectivity index (χ3n) is 3.61. The van der Waals surface area contributed by atoms with E-state index in [0.29, 0.717) is 11.6 Å². The van der Waals surface area contributed by atoms with E-state index in [1.165, 1.54) is 12.8 Å². The maximum atomic E-state index is 11.1. The smallest absolute Gasteiger partial charge is 0.248 e. The number of carbonyl (C=O) groups excluding carboxylic acids is 1. The van der Waals surface area contributed by atoms with Crippen molar-refractivity contribution < 1.29 is 4.79 Å². The van der Waals surface area contributed by atoms with E-state index in [-0.39, 0.29) is 5.91 Å². The Balaban J connectivity index is 1.94. The topological polar surface area (TPSA) is 58.4 Å². The van der Waals surface area contributed by atoms with Crippen molar-refractivity contribution in [2.45, 2.75) is 25.4 Å². The summed E-state index contributed by atoms with van der Waals surface area (Å²) in [5, 5.41) is 3.32. The second-order valence-electron chi connectivity index (χ2n) is 4.90. The zero-order valence-electron chi connectivity index (χ0n) is 10.9. The first-order valence-electron chi connectivity index (χ1n) is 6.47. The molecule has 1 aromatic rings. The van der Waals surface area contributed by atoms with Gasteiger partial charge in [0, 0.05) is 18.2 Å². The van der Waals surface area contributed by atoms with Gasteiger partial charge in [0.25, 0.3) is 0 Å². The third-order valence-corrected chi connectivity index (χ3v) is 3.61. The molecule has 0 atom stereocenters. The van der Waals surface area contributed by atoms with Crippen molar-refractivity contribution in [1.29, 1.82) is 0 Å². The maximum Gasteiger partial charge on any atom is 0.248 e. The highest BCUT2D eigenvalue weighted by Crippen LogP contribution is 2.14. The molecule has 1 saturated heterocycles. The molecule has 4 heteroatoms. The molecule has 0 aliphatic carbocycles. The number of carbonyl (C=O) groups is 1. The van der Waals surface area contributed by atoms with Crippen LogP contribution in [0.4, 0.5) is 0 Å². The molecule has 1 aliphatic rings. The molecule has 1 aromatic carbocycles. The van der Waals surface area contributed by atoms with Crippen molar-refractivity contribution in [1.82, 2.24) is 10.2 Å². The van der Waals surface area contributed by atoms with Crippen molar-refractivity contribution in [2.24, 2.45) is 5.73 Å². The van der Waals surface area contributed by atoms with Crippen LogP contribution in [0.2, 0.25) is 0 Å². The predicted molar refractivity (Wildman–Crippen MR) is 72.3 cm³/mol. The molecule has 1 heterocycles. The summed E-state index contributed by atoms with van der Waals surface area (Å²) < 4.78 is 0. The van der Waals surface area contributed by atoms with Gasteiger partial charge >= 0.3 is 0 Å². The van der Waals surface area contributed by atoms with E-state index in [4.69, 9.17) is 5.73 Å². The number of rotatable bonds is 4. The Labute approximate surface area is 108 Å². The van der Waals surface area contributed by atoms with E-state index < -0.39 is 0 Å². The van der Waals surface area contributed by atoms with Gasteiger partial charge in [-0.25, -0.2) is 0 Å². The summed E-state index contributed by atoms with van der Waals surface area (Å²) in [7, 11) is 2.02. The SMILES string of the molecule is CNC1CCN(Cc2cccc(C(N)=O)c2)CC1. The van der Waals surface area contributed by atoms with Crippen LogP contribution in [-0.2, 0) is 6.54 Å². The Morgan fingerprint density at radius 3 is 2.78 bits per heavy atom. The Morgan fingerprint density at radius 2 is 2.17 bits per heavy atom. The second-order valence-corrected chi connectivity index (χ2v) is 4.90. The summed E-state index contributed by atoms with van der Waals surface area (Å²) in [6, 6.07) is 8.26. The quantitative estimate of drug-likeness (QED) is 0.833. The Bertz CT molecular complexity index is 411. The lowest BCUT2D eigenvalue weighted by molar-refractivity contribution is 0.1000. The van der Waals surface area contributed by atoms with Crippen molar-refractivity contribution in [3.63, 3.8) is 0 Å². The zero-order valence-corrected chi connectivity index (χ0v) is 10.9. The average Bonchev–Trinajstić information content (AvgIpc) is 2.40. The molecule has 1 aliphatic heterocycles. The fourth-order valence-electron chi connectivity index (χ4n) is 2.46. The highest BCUT2D eigenvalue weighted by Gasteiger charge is 2.17. The van der Waals surface area contributed by atoms with Gasteiger partial charge in [0.1, 0.15) is 0 Å². The number of nitrogens with two attached hydrogens (primary N) is 1. The van der Waals surface area contributed by atoms with Crippen LogP contribution in [0.25, 0.3) is 0 Å². The standard InChI is InChI=1S/C14H21N3O/c1-16-13-5-7-17(8-6-13)10-11-3-2-4-12(9-11)14(15)18/h2-4,9,13,16H,5-8,10H2,1H3,(H2,15,18). The number of amides is 1. The van der Waals surface area contributed by atoms with Gasteiger partial charge in [-0.2, -0.15) is 0 Å². The van der Waals surface area contributed by atoms with E-state index in [9.17, 15) is 4.79 Å². The molecule has 0 radical (unpaired) electrons. The van der Waals surface area contributed by atoms with E-state index in [0.717, 1.165) is 25.2 Å². The number of primary amides is 1. The lowest BCUT2D eigenvalue weighted by atomic mass is 10.0. The van der Waals surface area contributed by atoms with E-state index in [1.54, 1.807) is 6.07 Å². The Morgan fingerprint density at radius 1 is 1.44 bits per heavy atom. The van der Waals surface area contributed by atoms with E-state index in [1.807, 2.05) is 19.2 Å². The third kappa shape index (κ3) is 3.31. The molecule has 0 bridgehead atoms. The highest BCUT2D eigenvalue weighted by molar-refractivity contribution is 5.92. The van der Waals surface area contributed by atoms with E-state index >= 15 is 0 Å². The molecular weight excluding hydrogens is 226 g/mol. The lowest BCUT2D eigenvalue weighted by Gasteiger charge is -2.31. The summed E-state index contributed by atoms with van der Waals surface area (Å²) >= 11 is 0. The minimum atomic E-state index is -0.356. The largest absolute Gasteiger partial charge is 0.366 e. The van der Waals surface area contributed by atoms with Crippen LogP contribution in [0.5, 0.6) is 0 Å². The molecule has 0 saturated carbocycles. The first-order valence-corrected chi connectivity index (χ1v) is 6.47. The number of benzene rings is 1. The summed E-state index contributed by atoms with van der Waals surface area (Å²) in [6.07, 6.45) is 2.37. The minimum absolute atomic E-state index is 0.356. The molecule has 3 N–H and O–H groups in total. The maximum absolute atomic E-state index is 11.1. The molecule has 4 nitrogen and oxygen atoms in total. The van der Waals surface area contributed by atoms with Gasteiger partial charge in [0.05, 0.1) is 0 Å². The summed E-state index contributed by atoms with van der Waals surface area (Å²) in [4.78, 5) is 13.6. The predicted octanol–water partition coefficient (Wildman–Crippen LogP) is 0.969. The average molecular weight is 247 g/mol. The monoisotopic (exact) mass is 247 g/mol. The van der Waals surface area contributed by atoms with Gasteiger partial charge in [-0.1, -0.05) is 12.1 Å². The van der Waals surface area contributed by atoms with Crippen LogP contribution in [0.3, 0.4) is 0 Å². The summed E-state index contributed by atoms with van der Waals surface area (Å²) in [5.74, 6) is -0.356. The fourth-order valence-corrected chi connectivity index (χ4v) is 2.46. The number of nitrogens with zero attached hydrogens (tertiary/aromatic N) is 1. The second kappa shape index (κ2) is 5.98. The Kier molecular flexibility index (Phi) is 4.33. The van der Waals surface area contributed by atoms with Gasteiger partial charge in [-0.05, 0) is 50.7 Å². The Hall–Kier alpha value is -1.39. The number of piperidine rings is 1. The van der Waals surface area contributed by atoms with Crippen LogP contribution in [0, 0.1) is 0 Å². The van der Waals surface area contributed by atoms with Crippen LogP contribution in [0.1, 0.15) is 28.8 Å². The number of hydrogen-bond donors (Lipinski definition) is 2. The van der Waals surface area contributed by atoms with Crippen LogP contribution in [0.15, 0.2) is 24.3 Å². The van der Waals surface area contributed by atoms with Crippen LogP contribution < -0.4 is 11.1 Å². The van der Waals surface area contributed by atoms with Crippen molar-refractivity contribution in [3.05, 3.63) is 35.4 Å². The molecule has 0 spiro atoms. The number of hydrogen-bond acceptors (Lipinski definition) is 3. The first kappa shape index (κ1) is 13.1. The summed E-state index contributed by atoms with van der Waals surface area (Å²) in [5.41, 5.74) is 7.05. The van der Waals surface area contributed by atoms with Gasteiger partial charge in [-0.15, -0.1) is 0 Å². The van der Waals surface area contributed by atoms with E-state index in [2.05, 4.69) is 16.3 Å². The molecule has 0 unspecified atom stereocenters. The van der Waals surface area contributed by atoms with Gasteiger partial charge < -0.3 is 11.1 Å². The van der Waals surface area contributed by atoms with Crippen molar-refractivity contribution >= 4 is 5.91 Å².